The van der Waals surface area contributed by atoms with E-state index in [2.05, 4.69) is 0 Å². The first-order valence-electron chi connectivity index (χ1n) is 5.02. The summed E-state index contributed by atoms with van der Waals surface area (Å²) >= 11 is 0. The van der Waals surface area contributed by atoms with Crippen LogP contribution in [-0.4, -0.2) is 11.2 Å². The predicted octanol–water partition coefficient (Wildman–Crippen LogP) is 2.96. The Morgan fingerprint density at radius 2 is 1.88 bits per heavy atom. The maximum absolute atomic E-state index is 11.1. The molecule has 0 radical (unpaired) electrons. The normalized spacial score (nSPS) is 10.8. The van der Waals surface area contributed by atoms with Gasteiger partial charge in [-0.15, -0.1) is 0 Å². The molecule has 0 heterocycles. The lowest BCUT2D eigenvalue weighted by Crippen LogP contribution is -1.93. The number of hydrogen-bond donors (Lipinski definition) is 0. The molecule has 2 rings (SSSR count). The van der Waals surface area contributed by atoms with E-state index in [9.17, 15) is 14.9 Å². The molecule has 17 heavy (non-hydrogen) atoms. The van der Waals surface area contributed by atoms with Gasteiger partial charge < -0.3 is 0 Å². The fourth-order valence-electron chi connectivity index (χ4n) is 1.75. The van der Waals surface area contributed by atoms with Gasteiger partial charge in [-0.3, -0.25) is 14.9 Å². The molecule has 0 unspecified atom stereocenters. The molecule has 2 aromatic carbocycles. The summed E-state index contributed by atoms with van der Waals surface area (Å²) in [6, 6.07) is 10.5. The fourth-order valence-corrected chi connectivity index (χ4v) is 1.75. The van der Waals surface area contributed by atoms with Crippen molar-refractivity contribution in [1.29, 1.82) is 0 Å². The number of carbonyl (C=O) groups excluding carboxylic acids is 1. The van der Waals surface area contributed by atoms with Gasteiger partial charge in [-0.25, -0.2) is 0 Å². The first-order chi connectivity index (χ1) is 8.24. The number of nitrogens with zero attached hydrogens (tertiary/aromatic N) is 1. The fraction of sp³-hybridized carbons (Fsp3) is 0. The van der Waals surface area contributed by atoms with Gasteiger partial charge in [0.25, 0.3) is 5.69 Å². The number of nitro groups is 1. The van der Waals surface area contributed by atoms with Crippen molar-refractivity contribution in [2.24, 2.45) is 0 Å². The first-order valence-corrected chi connectivity index (χ1v) is 5.02. The summed E-state index contributed by atoms with van der Waals surface area (Å²) < 4.78 is 0. The van der Waals surface area contributed by atoms with Crippen molar-refractivity contribution >= 4 is 28.8 Å². The average molecular weight is 227 g/mol. The molecule has 84 valence electrons. The van der Waals surface area contributed by atoms with Crippen molar-refractivity contribution in [2.75, 3.05) is 0 Å². The molecule has 0 saturated carbocycles. The number of carbonyl (C=O) groups is 1. The van der Waals surface area contributed by atoms with Crippen LogP contribution in [0.2, 0.25) is 0 Å². The van der Waals surface area contributed by atoms with Crippen LogP contribution < -0.4 is 0 Å². The Morgan fingerprint density at radius 1 is 1.12 bits per heavy atom. The Labute approximate surface area is 97.3 Å². The second-order valence-electron chi connectivity index (χ2n) is 3.48. The Kier molecular flexibility index (Phi) is 2.96. The molecule has 4 heteroatoms. The lowest BCUT2D eigenvalue weighted by Gasteiger charge is -2.02. The minimum Gasteiger partial charge on any atom is -0.299 e. The number of fused-ring (bicyclic) bond motifs is 1. The van der Waals surface area contributed by atoms with E-state index < -0.39 is 4.92 Å². The maximum Gasteiger partial charge on any atom is 0.284 e. The largest absolute Gasteiger partial charge is 0.299 e. The van der Waals surface area contributed by atoms with E-state index in [0.717, 1.165) is 5.39 Å². The van der Waals surface area contributed by atoms with Gasteiger partial charge >= 0.3 is 0 Å². The Balaban J connectivity index is 2.77. The zero-order chi connectivity index (χ0) is 12.3. The van der Waals surface area contributed by atoms with Crippen LogP contribution in [0, 0.1) is 10.1 Å². The topological polar surface area (TPSA) is 60.2 Å². The molecule has 4 nitrogen and oxygen atoms in total. The van der Waals surface area contributed by atoms with Crippen LogP contribution in [0.1, 0.15) is 5.56 Å². The van der Waals surface area contributed by atoms with E-state index in [-0.39, 0.29) is 5.69 Å². The van der Waals surface area contributed by atoms with Gasteiger partial charge in [0.15, 0.2) is 0 Å². The van der Waals surface area contributed by atoms with Crippen molar-refractivity contribution < 1.29 is 9.72 Å². The third kappa shape index (κ3) is 2.06. The molecule has 0 aliphatic heterocycles. The van der Waals surface area contributed by atoms with Gasteiger partial charge in [-0.2, -0.15) is 0 Å². The molecule has 0 N–H and O–H groups in total. The zero-order valence-electron chi connectivity index (χ0n) is 8.87. The molecule has 0 bridgehead atoms. The minimum atomic E-state index is -0.424. The summed E-state index contributed by atoms with van der Waals surface area (Å²) in [5.74, 6) is 0. The number of rotatable bonds is 3. The van der Waals surface area contributed by atoms with Crippen LogP contribution >= 0.6 is 0 Å². The summed E-state index contributed by atoms with van der Waals surface area (Å²) in [4.78, 5) is 20.9. The molecule has 0 spiro atoms. The predicted molar refractivity (Wildman–Crippen MR) is 65.7 cm³/mol. The summed E-state index contributed by atoms with van der Waals surface area (Å²) in [7, 11) is 0. The van der Waals surface area contributed by atoms with Crippen LogP contribution in [0.4, 0.5) is 5.69 Å². The number of hydrogen-bond acceptors (Lipinski definition) is 3. The van der Waals surface area contributed by atoms with Crippen LogP contribution in [0.5, 0.6) is 0 Å². The molecule has 0 aliphatic carbocycles. The zero-order valence-corrected chi connectivity index (χ0v) is 8.87. The van der Waals surface area contributed by atoms with E-state index in [0.29, 0.717) is 17.2 Å². The second kappa shape index (κ2) is 4.57. The summed E-state index contributed by atoms with van der Waals surface area (Å²) in [5.41, 5.74) is 0.460. The lowest BCUT2D eigenvalue weighted by atomic mass is 10.0. The molecule has 2 aromatic rings. The number of allylic oxidation sites excluding steroid dienone is 1. The SMILES string of the molecule is O=C/C=C/c1ccc2ccccc2c1[N+](=O)[O-]. The highest BCUT2D eigenvalue weighted by atomic mass is 16.6. The summed E-state index contributed by atoms with van der Waals surface area (Å²) in [6.07, 6.45) is 3.29. The van der Waals surface area contributed by atoms with Crippen molar-refractivity contribution in [3.8, 4) is 0 Å². The maximum atomic E-state index is 11.1. The van der Waals surface area contributed by atoms with Crippen molar-refractivity contribution in [3.05, 3.63) is 58.2 Å². The Hall–Kier alpha value is -2.49. The van der Waals surface area contributed by atoms with Crippen LogP contribution in [0.3, 0.4) is 0 Å². The van der Waals surface area contributed by atoms with Crippen molar-refractivity contribution in [3.63, 3.8) is 0 Å². The van der Waals surface area contributed by atoms with E-state index in [1.54, 1.807) is 24.3 Å². The van der Waals surface area contributed by atoms with Gasteiger partial charge in [0, 0.05) is 0 Å². The van der Waals surface area contributed by atoms with E-state index in [4.69, 9.17) is 0 Å². The molecule has 0 aliphatic rings. The molecule has 0 amide bonds. The third-order valence-electron chi connectivity index (χ3n) is 2.47. The molecule has 0 aromatic heterocycles. The number of aldehydes is 1. The standard InChI is InChI=1S/C13H9NO3/c15-9-3-5-11-8-7-10-4-1-2-6-12(10)13(11)14(16)17/h1-9H/b5-3+. The average Bonchev–Trinajstić information content (AvgIpc) is 2.35. The van der Waals surface area contributed by atoms with Crippen LogP contribution in [0.15, 0.2) is 42.5 Å². The molecule has 0 atom stereocenters. The van der Waals surface area contributed by atoms with Crippen molar-refractivity contribution in [2.45, 2.75) is 0 Å². The van der Waals surface area contributed by atoms with Crippen molar-refractivity contribution in [1.82, 2.24) is 0 Å². The number of benzene rings is 2. The van der Waals surface area contributed by atoms with Crippen LogP contribution in [0.25, 0.3) is 16.8 Å². The van der Waals surface area contributed by atoms with Gasteiger partial charge in [0.1, 0.15) is 6.29 Å². The Bertz CT molecular complexity index is 617. The highest BCUT2D eigenvalue weighted by Gasteiger charge is 2.15. The van der Waals surface area contributed by atoms with E-state index >= 15 is 0 Å². The lowest BCUT2D eigenvalue weighted by molar-refractivity contribution is -0.383. The quantitative estimate of drug-likeness (QED) is 0.350. The second-order valence-corrected chi connectivity index (χ2v) is 3.48. The smallest absolute Gasteiger partial charge is 0.284 e. The third-order valence-corrected chi connectivity index (χ3v) is 2.47. The first kappa shape index (κ1) is 11.0. The molecule has 0 fully saturated rings. The van der Waals surface area contributed by atoms with Gasteiger partial charge in [0.05, 0.1) is 15.9 Å². The van der Waals surface area contributed by atoms with E-state index in [1.165, 1.54) is 12.2 Å². The van der Waals surface area contributed by atoms with E-state index in [1.807, 2.05) is 12.1 Å². The summed E-state index contributed by atoms with van der Waals surface area (Å²) in [5, 5.41) is 12.5. The van der Waals surface area contributed by atoms with Gasteiger partial charge in [-0.1, -0.05) is 24.3 Å². The number of nitro benzene ring substituents is 1. The highest BCUT2D eigenvalue weighted by molar-refractivity contribution is 5.95. The molecule has 0 saturated heterocycles. The highest BCUT2D eigenvalue weighted by Crippen LogP contribution is 2.30. The molecular weight excluding hydrogens is 218 g/mol. The Morgan fingerprint density at radius 3 is 2.59 bits per heavy atom. The summed E-state index contributed by atoms with van der Waals surface area (Å²) in [6.45, 7) is 0. The van der Waals surface area contributed by atoms with Gasteiger partial charge in [-0.05, 0) is 29.7 Å². The van der Waals surface area contributed by atoms with Gasteiger partial charge in [0.2, 0.25) is 0 Å². The molecular formula is C13H9NO3. The minimum absolute atomic E-state index is 0.0289. The van der Waals surface area contributed by atoms with Crippen LogP contribution in [-0.2, 0) is 4.79 Å². The monoisotopic (exact) mass is 227 g/mol.